The van der Waals surface area contributed by atoms with Gasteiger partial charge in [0.1, 0.15) is 0 Å². The van der Waals surface area contributed by atoms with Crippen LogP contribution in [0.2, 0.25) is 0 Å². The summed E-state index contributed by atoms with van der Waals surface area (Å²) in [6.45, 7) is 0.726. The van der Waals surface area contributed by atoms with E-state index in [2.05, 4.69) is 20.1 Å². The lowest BCUT2D eigenvalue weighted by atomic mass is 10.0. The van der Waals surface area contributed by atoms with Gasteiger partial charge in [0.25, 0.3) is 0 Å². The molecule has 0 unspecified atom stereocenters. The maximum absolute atomic E-state index is 8.28. The molecule has 0 bridgehead atoms. The average molecular weight is 264 g/mol. The van der Waals surface area contributed by atoms with Crippen molar-refractivity contribution in [3.8, 4) is 11.1 Å². The molecule has 0 radical (unpaired) electrons. The lowest BCUT2D eigenvalue weighted by Gasteiger charge is -2.04. The number of hydrogen-bond donors (Lipinski definition) is 0. The summed E-state index contributed by atoms with van der Waals surface area (Å²) < 4.78 is 0. The zero-order valence-electron chi connectivity index (χ0n) is 10.7. The summed E-state index contributed by atoms with van der Waals surface area (Å²) in [4.78, 5) is 5.47. The second-order valence-corrected chi connectivity index (χ2v) is 4.17. The minimum absolute atomic E-state index is 0.363. The van der Waals surface area contributed by atoms with E-state index in [4.69, 9.17) is 11.1 Å². The standard InChI is InChI=1S/C14H12N6/c15-19-17-9-11-1-5-13(6-2-11)14-7-3-12(4-8-14)10-18-20-16/h1-8H,9-10H2. The van der Waals surface area contributed by atoms with Gasteiger partial charge in [0.05, 0.1) is 13.1 Å². The fraction of sp³-hybridized carbons (Fsp3) is 0.143. The number of azide groups is 2. The van der Waals surface area contributed by atoms with Gasteiger partial charge >= 0.3 is 0 Å². The van der Waals surface area contributed by atoms with Crippen molar-refractivity contribution in [2.75, 3.05) is 0 Å². The van der Waals surface area contributed by atoms with Crippen LogP contribution < -0.4 is 0 Å². The fourth-order valence-electron chi connectivity index (χ4n) is 1.83. The first-order valence-corrected chi connectivity index (χ1v) is 6.03. The predicted molar refractivity (Wildman–Crippen MR) is 77.6 cm³/mol. The molecule has 98 valence electrons. The number of nitrogens with zero attached hydrogens (tertiary/aromatic N) is 6. The van der Waals surface area contributed by atoms with E-state index in [9.17, 15) is 0 Å². The molecule has 6 heteroatoms. The Morgan fingerprint density at radius 2 is 1.00 bits per heavy atom. The molecule has 2 rings (SSSR count). The van der Waals surface area contributed by atoms with Crippen molar-refractivity contribution in [3.63, 3.8) is 0 Å². The smallest absolute Gasteiger partial charge is 0.0510 e. The van der Waals surface area contributed by atoms with Gasteiger partial charge in [0.2, 0.25) is 0 Å². The van der Waals surface area contributed by atoms with Crippen LogP contribution in [0.4, 0.5) is 0 Å². The lowest BCUT2D eigenvalue weighted by Crippen LogP contribution is -1.84. The van der Waals surface area contributed by atoms with Crippen LogP contribution in [0.15, 0.2) is 58.8 Å². The summed E-state index contributed by atoms with van der Waals surface area (Å²) in [5, 5.41) is 7.05. The van der Waals surface area contributed by atoms with Crippen molar-refractivity contribution in [1.82, 2.24) is 0 Å². The van der Waals surface area contributed by atoms with Gasteiger partial charge in [-0.05, 0) is 33.3 Å². The summed E-state index contributed by atoms with van der Waals surface area (Å²) in [7, 11) is 0. The van der Waals surface area contributed by atoms with Gasteiger partial charge in [-0.2, -0.15) is 0 Å². The van der Waals surface area contributed by atoms with Crippen molar-refractivity contribution in [2.45, 2.75) is 13.1 Å². The number of benzene rings is 2. The predicted octanol–water partition coefficient (Wildman–Crippen LogP) is 4.97. The third-order valence-corrected chi connectivity index (χ3v) is 2.87. The molecule has 0 heterocycles. The van der Waals surface area contributed by atoms with Crippen LogP contribution >= 0.6 is 0 Å². The first-order chi connectivity index (χ1) is 9.83. The zero-order valence-corrected chi connectivity index (χ0v) is 10.7. The van der Waals surface area contributed by atoms with E-state index in [1.807, 2.05) is 48.5 Å². The molecule has 2 aromatic carbocycles. The molecule has 0 saturated heterocycles. The molecule has 0 aliphatic heterocycles. The summed E-state index contributed by atoms with van der Waals surface area (Å²) in [5.74, 6) is 0. The molecule has 6 nitrogen and oxygen atoms in total. The largest absolute Gasteiger partial charge is 0.0893 e. The molecular weight excluding hydrogens is 252 g/mol. The Balaban J connectivity index is 2.14. The summed E-state index contributed by atoms with van der Waals surface area (Å²) in [6.07, 6.45) is 0. The van der Waals surface area contributed by atoms with Crippen LogP contribution in [0.3, 0.4) is 0 Å². The van der Waals surface area contributed by atoms with Gasteiger partial charge in [-0.25, -0.2) is 0 Å². The summed E-state index contributed by atoms with van der Waals surface area (Å²) >= 11 is 0. The Morgan fingerprint density at radius 3 is 1.30 bits per heavy atom. The minimum atomic E-state index is 0.363. The highest BCUT2D eigenvalue weighted by molar-refractivity contribution is 5.63. The highest BCUT2D eigenvalue weighted by Gasteiger charge is 1.98. The van der Waals surface area contributed by atoms with Crippen LogP contribution in [-0.2, 0) is 13.1 Å². The van der Waals surface area contributed by atoms with Gasteiger partial charge in [-0.3, -0.25) is 0 Å². The second-order valence-electron chi connectivity index (χ2n) is 4.17. The first kappa shape index (κ1) is 13.5. The Morgan fingerprint density at radius 1 is 0.650 bits per heavy atom. The van der Waals surface area contributed by atoms with Crippen molar-refractivity contribution >= 4 is 0 Å². The minimum Gasteiger partial charge on any atom is -0.0893 e. The Bertz CT molecular complexity index is 600. The molecule has 0 atom stereocenters. The van der Waals surface area contributed by atoms with Crippen molar-refractivity contribution < 1.29 is 0 Å². The Labute approximate surface area is 115 Å². The highest BCUT2D eigenvalue weighted by Crippen LogP contribution is 2.21. The SMILES string of the molecule is [N-]=[N+]=NCc1ccc(-c2ccc(CN=[N+]=[N-])cc2)cc1. The van der Waals surface area contributed by atoms with Crippen molar-refractivity contribution in [1.29, 1.82) is 0 Å². The third-order valence-electron chi connectivity index (χ3n) is 2.87. The van der Waals surface area contributed by atoms with Gasteiger partial charge in [-0.1, -0.05) is 58.8 Å². The highest BCUT2D eigenvalue weighted by atomic mass is 15.1. The van der Waals surface area contributed by atoms with Gasteiger partial charge < -0.3 is 0 Å². The molecule has 0 saturated carbocycles. The molecule has 0 aromatic heterocycles. The number of rotatable bonds is 5. The lowest BCUT2D eigenvalue weighted by molar-refractivity contribution is 1.05. The van der Waals surface area contributed by atoms with E-state index in [1.54, 1.807) is 0 Å². The topological polar surface area (TPSA) is 97.5 Å². The third kappa shape index (κ3) is 3.53. The normalized spacial score (nSPS) is 9.40. The number of hydrogen-bond acceptors (Lipinski definition) is 2. The van der Waals surface area contributed by atoms with Crippen LogP contribution in [0.1, 0.15) is 11.1 Å². The van der Waals surface area contributed by atoms with E-state index in [0.717, 1.165) is 22.3 Å². The van der Waals surface area contributed by atoms with E-state index in [1.165, 1.54) is 0 Å². The molecule has 0 fully saturated rings. The second kappa shape index (κ2) is 6.85. The van der Waals surface area contributed by atoms with E-state index in [0.29, 0.717) is 13.1 Å². The van der Waals surface area contributed by atoms with Gasteiger partial charge in [0, 0.05) is 9.82 Å². The first-order valence-electron chi connectivity index (χ1n) is 6.03. The van der Waals surface area contributed by atoms with E-state index < -0.39 is 0 Å². The Hall–Kier alpha value is -2.94. The van der Waals surface area contributed by atoms with Crippen molar-refractivity contribution in [3.05, 3.63) is 80.5 Å². The monoisotopic (exact) mass is 264 g/mol. The molecule has 2 aromatic rings. The summed E-state index contributed by atoms with van der Waals surface area (Å²) in [6, 6.07) is 15.7. The molecule has 0 amide bonds. The van der Waals surface area contributed by atoms with Crippen LogP contribution in [0.5, 0.6) is 0 Å². The molecule has 0 aliphatic carbocycles. The molecular formula is C14H12N6. The van der Waals surface area contributed by atoms with Crippen LogP contribution in [-0.4, -0.2) is 0 Å². The molecule has 0 N–H and O–H groups in total. The van der Waals surface area contributed by atoms with Crippen LogP contribution in [0.25, 0.3) is 32.0 Å². The van der Waals surface area contributed by atoms with Gasteiger partial charge in [-0.15, -0.1) is 0 Å². The molecule has 0 spiro atoms. The van der Waals surface area contributed by atoms with Gasteiger partial charge in [0.15, 0.2) is 0 Å². The Kier molecular flexibility index (Phi) is 4.62. The fourth-order valence-corrected chi connectivity index (χ4v) is 1.83. The average Bonchev–Trinajstić information content (AvgIpc) is 2.52. The molecule has 0 aliphatic rings. The van der Waals surface area contributed by atoms with Crippen molar-refractivity contribution in [2.24, 2.45) is 10.2 Å². The maximum atomic E-state index is 8.28. The quantitative estimate of drug-likeness (QED) is 0.413. The summed E-state index contributed by atoms with van der Waals surface area (Å²) in [5.41, 5.74) is 20.7. The van der Waals surface area contributed by atoms with E-state index in [-0.39, 0.29) is 0 Å². The van der Waals surface area contributed by atoms with E-state index >= 15 is 0 Å². The maximum Gasteiger partial charge on any atom is 0.0510 e. The zero-order chi connectivity index (χ0) is 14.2. The van der Waals surface area contributed by atoms with Crippen LogP contribution in [0, 0.1) is 0 Å². The molecule has 20 heavy (non-hydrogen) atoms.